The number of rotatable bonds is 6. The zero-order chi connectivity index (χ0) is 12.8. The zero-order valence-corrected chi connectivity index (χ0v) is 11.4. The summed E-state index contributed by atoms with van der Waals surface area (Å²) in [6.07, 6.45) is 2.31. The lowest BCUT2D eigenvalue weighted by atomic mass is 10.0. The third-order valence-corrected chi connectivity index (χ3v) is 3.13. The molecule has 17 heavy (non-hydrogen) atoms. The van der Waals surface area contributed by atoms with Crippen molar-refractivity contribution in [1.82, 2.24) is 0 Å². The summed E-state index contributed by atoms with van der Waals surface area (Å²) >= 11 is 6.12. The van der Waals surface area contributed by atoms with E-state index in [2.05, 4.69) is 0 Å². The van der Waals surface area contributed by atoms with Gasteiger partial charge < -0.3 is 4.74 Å². The van der Waals surface area contributed by atoms with Crippen molar-refractivity contribution in [3.63, 3.8) is 0 Å². The molecule has 0 fully saturated rings. The highest BCUT2D eigenvalue weighted by molar-refractivity contribution is 6.31. The molecule has 0 atom stereocenters. The fourth-order valence-electron chi connectivity index (χ4n) is 1.60. The Labute approximate surface area is 108 Å². The number of aryl methyl sites for hydroxylation is 1. The molecule has 0 N–H and O–H groups in total. The number of halogens is 1. The minimum Gasteiger partial charge on any atom is -0.497 e. The highest BCUT2D eigenvalue weighted by atomic mass is 35.5. The van der Waals surface area contributed by atoms with E-state index in [0.717, 1.165) is 24.2 Å². The second-order valence-electron chi connectivity index (χ2n) is 4.43. The summed E-state index contributed by atoms with van der Waals surface area (Å²) in [5, 5.41) is 0.710. The molecule has 0 radical (unpaired) electrons. The van der Waals surface area contributed by atoms with Gasteiger partial charge in [-0.15, -0.1) is 0 Å². The highest BCUT2D eigenvalue weighted by Gasteiger charge is 2.08. The van der Waals surface area contributed by atoms with Gasteiger partial charge in [0.1, 0.15) is 11.5 Å². The summed E-state index contributed by atoms with van der Waals surface area (Å²) in [6.45, 7) is 3.87. The predicted octanol–water partition coefficient (Wildman–Crippen LogP) is 3.90. The normalized spacial score (nSPS) is 10.6. The standard InChI is InChI=1S/C14H19ClO2/c1-10(2)14(16)6-4-5-11-7-8-12(17-3)9-13(11)15/h7-10H,4-6H2,1-3H3. The van der Waals surface area contributed by atoms with Crippen LogP contribution in [0.15, 0.2) is 18.2 Å². The van der Waals surface area contributed by atoms with Crippen molar-refractivity contribution in [3.05, 3.63) is 28.8 Å². The summed E-state index contributed by atoms with van der Waals surface area (Å²) < 4.78 is 5.09. The quantitative estimate of drug-likeness (QED) is 0.770. The molecule has 2 nitrogen and oxygen atoms in total. The van der Waals surface area contributed by atoms with Crippen molar-refractivity contribution < 1.29 is 9.53 Å². The van der Waals surface area contributed by atoms with Gasteiger partial charge in [-0.25, -0.2) is 0 Å². The number of carbonyl (C=O) groups is 1. The van der Waals surface area contributed by atoms with Gasteiger partial charge in [-0.05, 0) is 30.5 Å². The van der Waals surface area contributed by atoms with E-state index in [9.17, 15) is 4.79 Å². The molecule has 3 heteroatoms. The number of ether oxygens (including phenoxy) is 1. The van der Waals surface area contributed by atoms with Crippen LogP contribution in [0.1, 0.15) is 32.3 Å². The molecule has 0 aliphatic carbocycles. The van der Waals surface area contributed by atoms with Gasteiger partial charge >= 0.3 is 0 Å². The van der Waals surface area contributed by atoms with E-state index in [-0.39, 0.29) is 5.92 Å². The van der Waals surface area contributed by atoms with Gasteiger partial charge in [0.05, 0.1) is 7.11 Å². The molecule has 0 amide bonds. The first-order valence-electron chi connectivity index (χ1n) is 5.89. The molecule has 0 bridgehead atoms. The van der Waals surface area contributed by atoms with E-state index in [4.69, 9.17) is 16.3 Å². The first-order chi connectivity index (χ1) is 8.04. The average Bonchev–Trinajstić information content (AvgIpc) is 2.30. The summed E-state index contributed by atoms with van der Waals surface area (Å²) in [7, 11) is 1.62. The van der Waals surface area contributed by atoms with E-state index in [1.807, 2.05) is 26.0 Å². The number of hydrogen-bond donors (Lipinski definition) is 0. The van der Waals surface area contributed by atoms with Gasteiger partial charge in [-0.1, -0.05) is 31.5 Å². The van der Waals surface area contributed by atoms with Crippen molar-refractivity contribution in [2.75, 3.05) is 7.11 Å². The summed E-state index contributed by atoms with van der Waals surface area (Å²) in [5.41, 5.74) is 1.07. The third kappa shape index (κ3) is 4.39. The molecule has 0 spiro atoms. The molecule has 0 heterocycles. The van der Waals surface area contributed by atoms with Crippen LogP contribution in [-0.2, 0) is 11.2 Å². The lowest BCUT2D eigenvalue weighted by molar-refractivity contribution is -0.121. The molecule has 0 aliphatic rings. The number of Topliss-reactive ketones (excluding diaryl/α,β-unsaturated/α-hetero) is 1. The molecule has 0 aromatic heterocycles. The summed E-state index contributed by atoms with van der Waals surface area (Å²) in [4.78, 5) is 11.5. The lowest BCUT2D eigenvalue weighted by Gasteiger charge is -2.07. The molecular weight excluding hydrogens is 236 g/mol. The Morgan fingerprint density at radius 2 is 2.12 bits per heavy atom. The number of hydrogen-bond acceptors (Lipinski definition) is 2. The Kier molecular flexibility index (Phi) is 5.49. The van der Waals surface area contributed by atoms with Crippen molar-refractivity contribution in [1.29, 1.82) is 0 Å². The minimum absolute atomic E-state index is 0.126. The van der Waals surface area contributed by atoms with Gasteiger partial charge in [0.15, 0.2) is 0 Å². The molecule has 0 aliphatic heterocycles. The van der Waals surface area contributed by atoms with Crippen molar-refractivity contribution in [2.24, 2.45) is 5.92 Å². The number of benzene rings is 1. The van der Waals surface area contributed by atoms with Gasteiger partial charge in [-0.3, -0.25) is 4.79 Å². The van der Waals surface area contributed by atoms with E-state index in [1.165, 1.54) is 0 Å². The Balaban J connectivity index is 2.50. The molecule has 0 unspecified atom stereocenters. The van der Waals surface area contributed by atoms with Crippen LogP contribution in [0.2, 0.25) is 5.02 Å². The summed E-state index contributed by atoms with van der Waals surface area (Å²) in [5.74, 6) is 1.20. The number of methoxy groups -OCH3 is 1. The molecular formula is C14H19ClO2. The van der Waals surface area contributed by atoms with Crippen LogP contribution >= 0.6 is 11.6 Å². The van der Waals surface area contributed by atoms with Crippen molar-refractivity contribution in [2.45, 2.75) is 33.1 Å². The van der Waals surface area contributed by atoms with Crippen molar-refractivity contribution >= 4 is 17.4 Å². The smallest absolute Gasteiger partial charge is 0.135 e. The van der Waals surface area contributed by atoms with E-state index in [1.54, 1.807) is 13.2 Å². The average molecular weight is 255 g/mol. The van der Waals surface area contributed by atoms with E-state index in [0.29, 0.717) is 17.2 Å². The second-order valence-corrected chi connectivity index (χ2v) is 4.84. The largest absolute Gasteiger partial charge is 0.497 e. The highest BCUT2D eigenvalue weighted by Crippen LogP contribution is 2.23. The van der Waals surface area contributed by atoms with E-state index < -0.39 is 0 Å². The van der Waals surface area contributed by atoms with Crippen LogP contribution in [-0.4, -0.2) is 12.9 Å². The maximum Gasteiger partial charge on any atom is 0.135 e. The Morgan fingerprint density at radius 1 is 1.41 bits per heavy atom. The molecule has 1 aromatic rings. The van der Waals surface area contributed by atoms with Crippen LogP contribution in [0.5, 0.6) is 5.75 Å². The van der Waals surface area contributed by atoms with Crippen molar-refractivity contribution in [3.8, 4) is 5.75 Å². The van der Waals surface area contributed by atoms with E-state index >= 15 is 0 Å². The SMILES string of the molecule is COc1ccc(CCCC(=O)C(C)C)c(Cl)c1. The van der Waals surface area contributed by atoms with Crippen LogP contribution < -0.4 is 4.74 Å². The Bertz CT molecular complexity index is 386. The van der Waals surface area contributed by atoms with Gasteiger partial charge in [0, 0.05) is 17.4 Å². The zero-order valence-electron chi connectivity index (χ0n) is 10.6. The fourth-order valence-corrected chi connectivity index (χ4v) is 1.86. The first-order valence-corrected chi connectivity index (χ1v) is 6.27. The Hall–Kier alpha value is -1.02. The maximum absolute atomic E-state index is 11.5. The second kappa shape index (κ2) is 6.65. The van der Waals surface area contributed by atoms with Crippen LogP contribution in [0.4, 0.5) is 0 Å². The maximum atomic E-state index is 11.5. The first kappa shape index (κ1) is 14.0. The fraction of sp³-hybridized carbons (Fsp3) is 0.500. The molecule has 0 saturated carbocycles. The topological polar surface area (TPSA) is 26.3 Å². The van der Waals surface area contributed by atoms with Gasteiger partial charge in [0.25, 0.3) is 0 Å². The predicted molar refractivity (Wildman–Crippen MR) is 70.8 cm³/mol. The minimum atomic E-state index is 0.126. The van der Waals surface area contributed by atoms with Crippen LogP contribution in [0, 0.1) is 5.92 Å². The Morgan fingerprint density at radius 3 is 2.65 bits per heavy atom. The lowest BCUT2D eigenvalue weighted by Crippen LogP contribution is -2.06. The van der Waals surface area contributed by atoms with Crippen LogP contribution in [0.3, 0.4) is 0 Å². The van der Waals surface area contributed by atoms with Crippen LogP contribution in [0.25, 0.3) is 0 Å². The number of carbonyl (C=O) groups excluding carboxylic acids is 1. The third-order valence-electron chi connectivity index (χ3n) is 2.77. The molecule has 1 aromatic carbocycles. The van der Waals surface area contributed by atoms with Gasteiger partial charge in [0.2, 0.25) is 0 Å². The molecule has 94 valence electrons. The number of ketones is 1. The van der Waals surface area contributed by atoms with Gasteiger partial charge in [-0.2, -0.15) is 0 Å². The summed E-state index contributed by atoms with van der Waals surface area (Å²) in [6, 6.07) is 5.66. The molecule has 0 saturated heterocycles. The molecule has 1 rings (SSSR count). The monoisotopic (exact) mass is 254 g/mol.